The van der Waals surface area contributed by atoms with Gasteiger partial charge < -0.3 is 4.90 Å². The van der Waals surface area contributed by atoms with Gasteiger partial charge in [-0.3, -0.25) is 0 Å². The Morgan fingerprint density at radius 1 is 1.55 bits per heavy atom. The molecule has 0 radical (unpaired) electrons. The molecule has 1 rings (SSSR count). The predicted octanol–water partition coefficient (Wildman–Crippen LogP) is 1.64. The van der Waals surface area contributed by atoms with E-state index in [1.54, 1.807) is 11.3 Å². The van der Waals surface area contributed by atoms with Crippen LogP contribution in [0.1, 0.15) is 12.1 Å². The predicted molar refractivity (Wildman–Crippen MR) is 49.0 cm³/mol. The lowest BCUT2D eigenvalue weighted by molar-refractivity contribution is 0.399. The van der Waals surface area contributed by atoms with Gasteiger partial charge in [-0.25, -0.2) is 4.98 Å². The molecule has 0 saturated carbocycles. The van der Waals surface area contributed by atoms with Crippen LogP contribution in [0, 0.1) is 0 Å². The van der Waals surface area contributed by atoms with Crippen LogP contribution >= 0.6 is 11.3 Å². The molecule has 11 heavy (non-hydrogen) atoms. The zero-order valence-corrected chi connectivity index (χ0v) is 7.90. The maximum atomic E-state index is 4.21. The number of nitrogens with zero attached hydrogens (tertiary/aromatic N) is 2. The Morgan fingerprint density at radius 3 is 2.91 bits per heavy atom. The first kappa shape index (κ1) is 8.68. The average molecular weight is 170 g/mol. The molecule has 0 aliphatic heterocycles. The van der Waals surface area contributed by atoms with E-state index in [-0.39, 0.29) is 0 Å². The number of hydrogen-bond acceptors (Lipinski definition) is 3. The van der Waals surface area contributed by atoms with Gasteiger partial charge in [-0.15, -0.1) is 11.3 Å². The first-order valence-corrected chi connectivity index (χ1v) is 4.75. The van der Waals surface area contributed by atoms with Gasteiger partial charge in [0, 0.05) is 5.38 Å². The van der Waals surface area contributed by atoms with Crippen LogP contribution in [-0.2, 0) is 6.42 Å². The van der Waals surface area contributed by atoms with Crippen molar-refractivity contribution < 1.29 is 0 Å². The summed E-state index contributed by atoms with van der Waals surface area (Å²) in [7, 11) is 4.20. The smallest absolute Gasteiger partial charge is 0.0794 e. The largest absolute Gasteiger partial charge is 0.309 e. The number of rotatable bonds is 4. The Morgan fingerprint density at radius 2 is 2.36 bits per heavy atom. The molecule has 0 aliphatic rings. The van der Waals surface area contributed by atoms with Gasteiger partial charge in [0.05, 0.1) is 11.2 Å². The Hall–Kier alpha value is -0.410. The minimum absolute atomic E-state index is 1.11. The third-order valence-electron chi connectivity index (χ3n) is 1.52. The number of thiazole rings is 1. The fourth-order valence-corrected chi connectivity index (χ4v) is 1.53. The van der Waals surface area contributed by atoms with Crippen molar-refractivity contribution in [3.63, 3.8) is 0 Å². The Bertz CT molecular complexity index is 182. The summed E-state index contributed by atoms with van der Waals surface area (Å²) in [5, 5.41) is 2.12. The molecule has 1 aromatic rings. The molecule has 3 heteroatoms. The topological polar surface area (TPSA) is 16.1 Å². The van der Waals surface area contributed by atoms with Crippen LogP contribution in [0.15, 0.2) is 10.9 Å². The van der Waals surface area contributed by atoms with E-state index in [1.807, 2.05) is 5.51 Å². The van der Waals surface area contributed by atoms with E-state index in [0.29, 0.717) is 0 Å². The fraction of sp³-hybridized carbons (Fsp3) is 0.625. The molecule has 0 amide bonds. The molecule has 0 spiro atoms. The SMILES string of the molecule is CN(C)CCCc1cscn1. The van der Waals surface area contributed by atoms with Gasteiger partial charge in [-0.2, -0.15) is 0 Å². The highest BCUT2D eigenvalue weighted by molar-refractivity contribution is 7.07. The number of aryl methyl sites for hydroxylation is 1. The van der Waals surface area contributed by atoms with Gasteiger partial charge in [0.2, 0.25) is 0 Å². The van der Waals surface area contributed by atoms with Crippen molar-refractivity contribution in [1.82, 2.24) is 9.88 Å². The lowest BCUT2D eigenvalue weighted by Crippen LogP contribution is -2.13. The summed E-state index contributed by atoms with van der Waals surface area (Å²) in [6.45, 7) is 1.15. The Labute approximate surface area is 71.9 Å². The van der Waals surface area contributed by atoms with E-state index >= 15 is 0 Å². The monoisotopic (exact) mass is 170 g/mol. The fourth-order valence-electron chi connectivity index (χ4n) is 0.937. The summed E-state index contributed by atoms with van der Waals surface area (Å²) >= 11 is 1.67. The van der Waals surface area contributed by atoms with Crippen molar-refractivity contribution in [3.8, 4) is 0 Å². The van der Waals surface area contributed by atoms with Crippen molar-refractivity contribution in [2.45, 2.75) is 12.8 Å². The number of aromatic nitrogens is 1. The molecule has 0 unspecified atom stereocenters. The van der Waals surface area contributed by atoms with Gasteiger partial charge >= 0.3 is 0 Å². The van der Waals surface area contributed by atoms with Crippen LogP contribution < -0.4 is 0 Å². The minimum atomic E-state index is 1.11. The van der Waals surface area contributed by atoms with Gasteiger partial charge in [-0.1, -0.05) is 0 Å². The molecule has 1 heterocycles. The highest BCUT2D eigenvalue weighted by Gasteiger charge is 1.94. The first-order chi connectivity index (χ1) is 5.29. The summed E-state index contributed by atoms with van der Waals surface area (Å²) < 4.78 is 0. The van der Waals surface area contributed by atoms with Gasteiger partial charge in [0.25, 0.3) is 0 Å². The van der Waals surface area contributed by atoms with Crippen molar-refractivity contribution in [1.29, 1.82) is 0 Å². The molecule has 0 aromatic carbocycles. The second-order valence-electron chi connectivity index (χ2n) is 2.89. The van der Waals surface area contributed by atoms with E-state index in [0.717, 1.165) is 13.0 Å². The Balaban J connectivity index is 2.14. The molecule has 2 nitrogen and oxygen atoms in total. The third-order valence-corrected chi connectivity index (χ3v) is 2.16. The molecule has 0 aliphatic carbocycles. The maximum Gasteiger partial charge on any atom is 0.0794 e. The zero-order chi connectivity index (χ0) is 8.10. The van der Waals surface area contributed by atoms with E-state index < -0.39 is 0 Å². The average Bonchev–Trinajstić information content (AvgIpc) is 2.39. The maximum absolute atomic E-state index is 4.21. The molecule has 62 valence electrons. The molecular weight excluding hydrogens is 156 g/mol. The van der Waals surface area contributed by atoms with Crippen molar-refractivity contribution in [3.05, 3.63) is 16.6 Å². The van der Waals surface area contributed by atoms with Crippen molar-refractivity contribution in [2.24, 2.45) is 0 Å². The van der Waals surface area contributed by atoms with Crippen LogP contribution in [0.5, 0.6) is 0 Å². The molecule has 0 atom stereocenters. The van der Waals surface area contributed by atoms with E-state index in [1.165, 1.54) is 12.1 Å². The molecule has 0 fully saturated rings. The standard InChI is InChI=1S/C8H14N2S/c1-10(2)5-3-4-8-6-11-7-9-8/h6-7H,3-5H2,1-2H3. The molecule has 1 aromatic heterocycles. The number of hydrogen-bond donors (Lipinski definition) is 0. The van der Waals surface area contributed by atoms with E-state index in [4.69, 9.17) is 0 Å². The van der Waals surface area contributed by atoms with E-state index in [2.05, 4.69) is 29.4 Å². The van der Waals surface area contributed by atoms with Crippen LogP contribution in [0.2, 0.25) is 0 Å². The minimum Gasteiger partial charge on any atom is -0.309 e. The quantitative estimate of drug-likeness (QED) is 0.683. The zero-order valence-electron chi connectivity index (χ0n) is 7.08. The van der Waals surface area contributed by atoms with Crippen LogP contribution in [0.3, 0.4) is 0 Å². The van der Waals surface area contributed by atoms with Gasteiger partial charge in [-0.05, 0) is 33.5 Å². The summed E-state index contributed by atoms with van der Waals surface area (Å²) in [4.78, 5) is 6.41. The molecule has 0 saturated heterocycles. The Kier molecular flexibility index (Phi) is 3.52. The summed E-state index contributed by atoms with van der Waals surface area (Å²) in [5.74, 6) is 0. The van der Waals surface area contributed by atoms with Crippen LogP contribution in [0.25, 0.3) is 0 Å². The molecular formula is C8H14N2S. The highest BCUT2D eigenvalue weighted by atomic mass is 32.1. The van der Waals surface area contributed by atoms with E-state index in [9.17, 15) is 0 Å². The van der Waals surface area contributed by atoms with Gasteiger partial charge in [0.15, 0.2) is 0 Å². The molecule has 0 N–H and O–H groups in total. The summed E-state index contributed by atoms with van der Waals surface area (Å²) in [5.41, 5.74) is 3.13. The van der Waals surface area contributed by atoms with Gasteiger partial charge in [0.1, 0.15) is 0 Å². The summed E-state index contributed by atoms with van der Waals surface area (Å²) in [6.07, 6.45) is 2.32. The second-order valence-corrected chi connectivity index (χ2v) is 3.61. The lowest BCUT2D eigenvalue weighted by atomic mass is 10.2. The third kappa shape index (κ3) is 3.49. The normalized spacial score (nSPS) is 10.8. The van der Waals surface area contributed by atoms with Crippen molar-refractivity contribution in [2.75, 3.05) is 20.6 Å². The van der Waals surface area contributed by atoms with Crippen LogP contribution in [-0.4, -0.2) is 30.5 Å². The van der Waals surface area contributed by atoms with Crippen molar-refractivity contribution >= 4 is 11.3 Å². The second kappa shape index (κ2) is 4.46. The molecule has 0 bridgehead atoms. The van der Waals surface area contributed by atoms with Crippen LogP contribution in [0.4, 0.5) is 0 Å². The lowest BCUT2D eigenvalue weighted by Gasteiger charge is -2.07. The first-order valence-electron chi connectivity index (χ1n) is 3.81. The summed E-state index contributed by atoms with van der Waals surface area (Å²) in [6, 6.07) is 0. The highest BCUT2D eigenvalue weighted by Crippen LogP contribution is 2.03.